The number of imidazole rings is 1. The van der Waals surface area contributed by atoms with Crippen molar-refractivity contribution in [2.45, 2.75) is 25.8 Å². The predicted octanol–water partition coefficient (Wildman–Crippen LogP) is 1.83. The molecule has 0 amide bonds. The van der Waals surface area contributed by atoms with Crippen molar-refractivity contribution in [3.05, 3.63) is 18.3 Å². The van der Waals surface area contributed by atoms with Gasteiger partial charge in [0.2, 0.25) is 5.95 Å². The highest BCUT2D eigenvalue weighted by Crippen LogP contribution is 2.50. The Morgan fingerprint density at radius 3 is 3.06 bits per heavy atom. The van der Waals surface area contributed by atoms with Crippen molar-refractivity contribution in [3.63, 3.8) is 0 Å². The number of nitrogen functional groups attached to an aromatic ring is 1. The quantitative estimate of drug-likeness (QED) is 0.874. The monoisotopic (exact) mass is 246 g/mol. The van der Waals surface area contributed by atoms with Crippen molar-refractivity contribution < 1.29 is 4.74 Å². The molecule has 0 radical (unpaired) electrons. The van der Waals surface area contributed by atoms with Crippen LogP contribution in [0.1, 0.15) is 19.3 Å². The molecule has 1 aliphatic rings. The molecule has 1 fully saturated rings. The molecule has 2 aromatic rings. The number of pyridine rings is 1. The van der Waals surface area contributed by atoms with Crippen LogP contribution in [0.15, 0.2) is 18.3 Å². The SMILES string of the molecule is COCCC1(Cn2c(N)nc3cccnc32)CC1. The van der Waals surface area contributed by atoms with Crippen molar-refractivity contribution in [1.82, 2.24) is 14.5 Å². The van der Waals surface area contributed by atoms with Crippen LogP contribution >= 0.6 is 0 Å². The van der Waals surface area contributed by atoms with Gasteiger partial charge in [-0.25, -0.2) is 9.97 Å². The summed E-state index contributed by atoms with van der Waals surface area (Å²) >= 11 is 0. The maximum atomic E-state index is 6.00. The van der Waals surface area contributed by atoms with Gasteiger partial charge >= 0.3 is 0 Å². The molecule has 0 aliphatic heterocycles. The van der Waals surface area contributed by atoms with Crippen molar-refractivity contribution >= 4 is 17.1 Å². The molecule has 0 spiro atoms. The molecule has 18 heavy (non-hydrogen) atoms. The van der Waals surface area contributed by atoms with E-state index < -0.39 is 0 Å². The summed E-state index contributed by atoms with van der Waals surface area (Å²) in [4.78, 5) is 8.74. The van der Waals surface area contributed by atoms with Crippen LogP contribution in [0.5, 0.6) is 0 Å². The molecule has 0 unspecified atom stereocenters. The van der Waals surface area contributed by atoms with E-state index in [0.29, 0.717) is 11.4 Å². The van der Waals surface area contributed by atoms with Gasteiger partial charge in [0, 0.05) is 26.5 Å². The first kappa shape index (κ1) is 11.5. The Morgan fingerprint density at radius 2 is 2.33 bits per heavy atom. The van der Waals surface area contributed by atoms with E-state index in [9.17, 15) is 0 Å². The summed E-state index contributed by atoms with van der Waals surface area (Å²) < 4.78 is 7.22. The lowest BCUT2D eigenvalue weighted by molar-refractivity contribution is 0.167. The summed E-state index contributed by atoms with van der Waals surface area (Å²) in [6, 6.07) is 3.83. The van der Waals surface area contributed by atoms with Gasteiger partial charge in [0.15, 0.2) is 5.65 Å². The van der Waals surface area contributed by atoms with E-state index in [2.05, 4.69) is 9.97 Å². The largest absolute Gasteiger partial charge is 0.385 e. The number of fused-ring (bicyclic) bond motifs is 1. The van der Waals surface area contributed by atoms with Gasteiger partial charge in [-0.3, -0.25) is 4.57 Å². The number of hydrogen-bond acceptors (Lipinski definition) is 4. The van der Waals surface area contributed by atoms with Crippen LogP contribution in [0.2, 0.25) is 0 Å². The van der Waals surface area contributed by atoms with E-state index in [1.165, 1.54) is 12.8 Å². The number of anilines is 1. The zero-order valence-corrected chi connectivity index (χ0v) is 10.6. The molecule has 5 nitrogen and oxygen atoms in total. The van der Waals surface area contributed by atoms with Crippen LogP contribution in [0.4, 0.5) is 5.95 Å². The van der Waals surface area contributed by atoms with E-state index in [1.807, 2.05) is 16.7 Å². The third-order valence-electron chi connectivity index (χ3n) is 3.82. The van der Waals surface area contributed by atoms with E-state index in [4.69, 9.17) is 10.5 Å². The normalized spacial score (nSPS) is 17.2. The topological polar surface area (TPSA) is 66.0 Å². The molecule has 5 heteroatoms. The van der Waals surface area contributed by atoms with Crippen LogP contribution < -0.4 is 5.73 Å². The second-order valence-electron chi connectivity index (χ2n) is 5.15. The van der Waals surface area contributed by atoms with Crippen LogP contribution in [-0.4, -0.2) is 28.3 Å². The van der Waals surface area contributed by atoms with Gasteiger partial charge in [0.05, 0.1) is 0 Å². The van der Waals surface area contributed by atoms with Crippen molar-refractivity contribution in [2.24, 2.45) is 5.41 Å². The molecule has 3 rings (SSSR count). The van der Waals surface area contributed by atoms with E-state index in [-0.39, 0.29) is 0 Å². The third kappa shape index (κ3) is 1.95. The predicted molar refractivity (Wildman–Crippen MR) is 70.1 cm³/mol. The molecule has 0 bridgehead atoms. The van der Waals surface area contributed by atoms with E-state index in [0.717, 1.165) is 30.7 Å². The minimum atomic E-state index is 0.343. The Morgan fingerprint density at radius 1 is 1.50 bits per heavy atom. The minimum absolute atomic E-state index is 0.343. The molecular weight excluding hydrogens is 228 g/mol. The molecule has 0 atom stereocenters. The number of methoxy groups -OCH3 is 1. The highest BCUT2D eigenvalue weighted by molar-refractivity contribution is 5.73. The summed E-state index contributed by atoms with van der Waals surface area (Å²) in [5.41, 5.74) is 8.10. The summed E-state index contributed by atoms with van der Waals surface area (Å²) in [7, 11) is 1.75. The molecule has 2 aromatic heterocycles. The van der Waals surface area contributed by atoms with Crippen molar-refractivity contribution in [1.29, 1.82) is 0 Å². The maximum absolute atomic E-state index is 6.00. The number of nitrogens with two attached hydrogens (primary N) is 1. The Hall–Kier alpha value is -1.62. The zero-order chi connectivity index (χ0) is 12.6. The summed E-state index contributed by atoms with van der Waals surface area (Å²) in [5.74, 6) is 0.562. The molecule has 2 N–H and O–H groups in total. The van der Waals surface area contributed by atoms with Gasteiger partial charge in [-0.05, 0) is 36.8 Å². The number of aromatic nitrogens is 3. The number of ether oxygens (including phenoxy) is 1. The molecule has 1 saturated carbocycles. The fraction of sp³-hybridized carbons (Fsp3) is 0.538. The highest BCUT2D eigenvalue weighted by Gasteiger charge is 2.43. The van der Waals surface area contributed by atoms with Crippen LogP contribution in [0.3, 0.4) is 0 Å². The fourth-order valence-electron chi connectivity index (χ4n) is 2.45. The van der Waals surface area contributed by atoms with Gasteiger partial charge < -0.3 is 10.5 Å². The van der Waals surface area contributed by atoms with Gasteiger partial charge in [0.25, 0.3) is 0 Å². The Kier molecular flexibility index (Phi) is 2.70. The second kappa shape index (κ2) is 4.24. The van der Waals surface area contributed by atoms with Gasteiger partial charge in [-0.1, -0.05) is 0 Å². The standard InChI is InChI=1S/C13H18N4O/c1-18-8-6-13(4-5-13)9-17-11-10(16-12(17)14)3-2-7-15-11/h2-3,7H,4-6,8-9H2,1H3,(H2,14,16). The molecule has 96 valence electrons. The lowest BCUT2D eigenvalue weighted by Gasteiger charge is -2.16. The van der Waals surface area contributed by atoms with Gasteiger partial charge in [-0.15, -0.1) is 0 Å². The van der Waals surface area contributed by atoms with E-state index in [1.54, 1.807) is 13.3 Å². The lowest BCUT2D eigenvalue weighted by atomic mass is 10.0. The minimum Gasteiger partial charge on any atom is -0.385 e. The average molecular weight is 246 g/mol. The molecule has 1 aliphatic carbocycles. The first-order valence-corrected chi connectivity index (χ1v) is 6.30. The fourth-order valence-corrected chi connectivity index (χ4v) is 2.45. The van der Waals surface area contributed by atoms with E-state index >= 15 is 0 Å². The third-order valence-corrected chi connectivity index (χ3v) is 3.82. The first-order valence-electron chi connectivity index (χ1n) is 6.30. The number of rotatable bonds is 5. The number of nitrogens with zero attached hydrogens (tertiary/aromatic N) is 3. The molecular formula is C13H18N4O. The molecule has 0 saturated heterocycles. The van der Waals surface area contributed by atoms with Crippen LogP contribution in [0.25, 0.3) is 11.2 Å². The molecule has 0 aromatic carbocycles. The van der Waals surface area contributed by atoms with Crippen molar-refractivity contribution in [2.75, 3.05) is 19.5 Å². The van der Waals surface area contributed by atoms with Gasteiger partial charge in [0.1, 0.15) is 5.52 Å². The Bertz CT molecular complexity index is 559. The second-order valence-corrected chi connectivity index (χ2v) is 5.15. The maximum Gasteiger partial charge on any atom is 0.202 e. The first-order chi connectivity index (χ1) is 8.74. The van der Waals surface area contributed by atoms with Crippen LogP contribution in [0, 0.1) is 5.41 Å². The molecule has 2 heterocycles. The lowest BCUT2D eigenvalue weighted by Crippen LogP contribution is -2.16. The van der Waals surface area contributed by atoms with Crippen molar-refractivity contribution in [3.8, 4) is 0 Å². The summed E-state index contributed by atoms with van der Waals surface area (Å²) in [5, 5.41) is 0. The average Bonchev–Trinajstić information content (AvgIpc) is 3.08. The smallest absolute Gasteiger partial charge is 0.202 e. The Labute approximate surface area is 106 Å². The Balaban J connectivity index is 1.88. The zero-order valence-electron chi connectivity index (χ0n) is 10.6. The summed E-state index contributed by atoms with van der Waals surface area (Å²) in [6.45, 7) is 1.70. The van der Waals surface area contributed by atoms with Gasteiger partial charge in [-0.2, -0.15) is 0 Å². The number of hydrogen-bond donors (Lipinski definition) is 1. The highest BCUT2D eigenvalue weighted by atomic mass is 16.5. The van der Waals surface area contributed by atoms with Crippen LogP contribution in [-0.2, 0) is 11.3 Å². The summed E-state index contributed by atoms with van der Waals surface area (Å²) in [6.07, 6.45) is 5.34.